The van der Waals surface area contributed by atoms with E-state index in [9.17, 15) is 4.79 Å². The molecule has 23 heavy (non-hydrogen) atoms. The molecule has 0 bridgehead atoms. The molecule has 0 aliphatic heterocycles. The van der Waals surface area contributed by atoms with Crippen molar-refractivity contribution in [3.8, 4) is 5.75 Å². The molecule has 0 saturated heterocycles. The smallest absolute Gasteiger partial charge is 0.270 e. The van der Waals surface area contributed by atoms with E-state index in [-0.39, 0.29) is 11.9 Å². The van der Waals surface area contributed by atoms with Crippen LogP contribution < -0.4 is 15.4 Å². The van der Waals surface area contributed by atoms with Gasteiger partial charge in [0, 0.05) is 24.5 Å². The molecule has 2 aromatic rings. The van der Waals surface area contributed by atoms with E-state index < -0.39 is 0 Å². The molecule has 1 aromatic heterocycles. The van der Waals surface area contributed by atoms with Crippen molar-refractivity contribution in [2.75, 3.05) is 19.0 Å². The fourth-order valence-corrected chi connectivity index (χ4v) is 2.25. The highest BCUT2D eigenvalue weighted by Crippen LogP contribution is 2.18. The van der Waals surface area contributed by atoms with Gasteiger partial charge in [-0.25, -0.2) is 0 Å². The first-order valence-electron chi connectivity index (χ1n) is 7.73. The summed E-state index contributed by atoms with van der Waals surface area (Å²) in [6.07, 6.45) is 2.47. The third kappa shape index (κ3) is 4.98. The number of para-hydroxylation sites is 1. The number of aromatic nitrogens is 1. The van der Waals surface area contributed by atoms with Crippen LogP contribution in [0.2, 0.25) is 0 Å². The average molecular weight is 313 g/mol. The first-order valence-corrected chi connectivity index (χ1v) is 7.73. The van der Waals surface area contributed by atoms with Crippen molar-refractivity contribution in [1.29, 1.82) is 0 Å². The lowest BCUT2D eigenvalue weighted by atomic mass is 10.1. The summed E-state index contributed by atoms with van der Waals surface area (Å²) in [4.78, 5) is 16.1. The van der Waals surface area contributed by atoms with Gasteiger partial charge in [0.05, 0.1) is 7.11 Å². The Morgan fingerprint density at radius 2 is 2.04 bits per heavy atom. The molecular weight excluding hydrogens is 290 g/mol. The highest BCUT2D eigenvalue weighted by atomic mass is 16.5. The van der Waals surface area contributed by atoms with Gasteiger partial charge in [-0.15, -0.1) is 0 Å². The van der Waals surface area contributed by atoms with Crippen LogP contribution in [0.1, 0.15) is 29.9 Å². The number of nitrogens with one attached hydrogen (secondary N) is 2. The Hall–Kier alpha value is -2.56. The van der Waals surface area contributed by atoms with Gasteiger partial charge in [-0.05, 0) is 44.0 Å². The van der Waals surface area contributed by atoms with Crippen LogP contribution in [0, 0.1) is 0 Å². The van der Waals surface area contributed by atoms with Gasteiger partial charge < -0.3 is 15.4 Å². The largest absolute Gasteiger partial charge is 0.496 e. The van der Waals surface area contributed by atoms with E-state index in [4.69, 9.17) is 4.74 Å². The van der Waals surface area contributed by atoms with Gasteiger partial charge in [0.2, 0.25) is 0 Å². The van der Waals surface area contributed by atoms with E-state index in [1.165, 1.54) is 0 Å². The fourth-order valence-electron chi connectivity index (χ4n) is 2.25. The SMILES string of the molecule is COc1ccccc1CCNc1ccnc(C(=O)NC(C)C)c1. The maximum Gasteiger partial charge on any atom is 0.270 e. The summed E-state index contributed by atoms with van der Waals surface area (Å²) in [6.45, 7) is 4.59. The second kappa shape index (κ2) is 8.17. The van der Waals surface area contributed by atoms with Gasteiger partial charge >= 0.3 is 0 Å². The number of carbonyl (C=O) groups is 1. The van der Waals surface area contributed by atoms with Crippen LogP contribution in [-0.4, -0.2) is 30.6 Å². The Morgan fingerprint density at radius 1 is 1.26 bits per heavy atom. The molecule has 1 amide bonds. The molecule has 0 atom stereocenters. The summed E-state index contributed by atoms with van der Waals surface area (Å²) >= 11 is 0. The summed E-state index contributed by atoms with van der Waals surface area (Å²) < 4.78 is 5.34. The lowest BCUT2D eigenvalue weighted by molar-refractivity contribution is 0.0938. The molecule has 1 aromatic carbocycles. The van der Waals surface area contributed by atoms with Crippen molar-refractivity contribution in [2.24, 2.45) is 0 Å². The molecule has 0 spiro atoms. The number of methoxy groups -OCH3 is 1. The van der Waals surface area contributed by atoms with Crippen molar-refractivity contribution in [2.45, 2.75) is 26.3 Å². The summed E-state index contributed by atoms with van der Waals surface area (Å²) in [5.74, 6) is 0.731. The molecular formula is C18H23N3O2. The number of hydrogen-bond acceptors (Lipinski definition) is 4. The van der Waals surface area contributed by atoms with Crippen LogP contribution in [0.3, 0.4) is 0 Å². The molecule has 2 rings (SSSR count). The standard InChI is InChI=1S/C18H23N3O2/c1-13(2)21-18(22)16-12-15(9-11-20-16)19-10-8-14-6-4-5-7-17(14)23-3/h4-7,9,11-13H,8,10H2,1-3H3,(H,19,20)(H,21,22). The lowest BCUT2D eigenvalue weighted by Gasteiger charge is -2.11. The summed E-state index contributed by atoms with van der Waals surface area (Å²) in [5, 5.41) is 6.16. The van der Waals surface area contributed by atoms with Gasteiger partial charge in [-0.3, -0.25) is 9.78 Å². The molecule has 0 saturated carbocycles. The monoisotopic (exact) mass is 313 g/mol. The van der Waals surface area contributed by atoms with Crippen LogP contribution >= 0.6 is 0 Å². The molecule has 5 nitrogen and oxygen atoms in total. The van der Waals surface area contributed by atoms with Crippen LogP contribution in [0.5, 0.6) is 5.75 Å². The normalized spacial score (nSPS) is 10.4. The van der Waals surface area contributed by atoms with Crippen molar-refractivity contribution in [3.63, 3.8) is 0 Å². The number of rotatable bonds is 7. The quantitative estimate of drug-likeness (QED) is 0.825. The van der Waals surface area contributed by atoms with E-state index in [0.29, 0.717) is 5.69 Å². The Morgan fingerprint density at radius 3 is 2.78 bits per heavy atom. The van der Waals surface area contributed by atoms with Gasteiger partial charge in [-0.2, -0.15) is 0 Å². The van der Waals surface area contributed by atoms with Gasteiger partial charge in [-0.1, -0.05) is 18.2 Å². The molecule has 0 unspecified atom stereocenters. The van der Waals surface area contributed by atoms with E-state index in [0.717, 1.165) is 30.0 Å². The number of anilines is 1. The number of pyridine rings is 1. The lowest BCUT2D eigenvalue weighted by Crippen LogP contribution is -2.30. The van der Waals surface area contributed by atoms with Crippen molar-refractivity contribution in [3.05, 3.63) is 53.9 Å². The molecule has 0 aliphatic rings. The Kier molecular flexibility index (Phi) is 5.97. The maximum atomic E-state index is 12.0. The van der Waals surface area contributed by atoms with E-state index >= 15 is 0 Å². The second-order valence-corrected chi connectivity index (χ2v) is 5.55. The number of amides is 1. The Bertz CT molecular complexity index is 656. The summed E-state index contributed by atoms with van der Waals surface area (Å²) in [6, 6.07) is 11.7. The summed E-state index contributed by atoms with van der Waals surface area (Å²) in [5.41, 5.74) is 2.44. The van der Waals surface area contributed by atoms with Crippen LogP contribution in [0.4, 0.5) is 5.69 Å². The number of nitrogens with zero attached hydrogens (tertiary/aromatic N) is 1. The van der Waals surface area contributed by atoms with Crippen LogP contribution in [0.25, 0.3) is 0 Å². The highest BCUT2D eigenvalue weighted by Gasteiger charge is 2.09. The molecule has 5 heteroatoms. The number of benzene rings is 1. The first kappa shape index (κ1) is 16.8. The van der Waals surface area contributed by atoms with E-state index in [2.05, 4.69) is 21.7 Å². The predicted octanol–water partition coefficient (Wildman–Crippen LogP) is 2.88. The van der Waals surface area contributed by atoms with Crippen LogP contribution in [0.15, 0.2) is 42.6 Å². The minimum atomic E-state index is -0.159. The van der Waals surface area contributed by atoms with Gasteiger partial charge in [0.15, 0.2) is 0 Å². The Labute approximate surface area is 137 Å². The Balaban J connectivity index is 1.94. The van der Waals surface area contributed by atoms with Crippen molar-refractivity contribution >= 4 is 11.6 Å². The van der Waals surface area contributed by atoms with Gasteiger partial charge in [0.1, 0.15) is 11.4 Å². The molecule has 1 heterocycles. The minimum Gasteiger partial charge on any atom is -0.496 e. The number of ether oxygens (including phenoxy) is 1. The van der Waals surface area contributed by atoms with Gasteiger partial charge in [0.25, 0.3) is 5.91 Å². The van der Waals surface area contributed by atoms with Crippen molar-refractivity contribution < 1.29 is 9.53 Å². The third-order valence-electron chi connectivity index (χ3n) is 3.33. The number of hydrogen-bond donors (Lipinski definition) is 2. The zero-order valence-corrected chi connectivity index (χ0v) is 13.8. The zero-order valence-electron chi connectivity index (χ0n) is 13.8. The maximum absolute atomic E-state index is 12.0. The topological polar surface area (TPSA) is 63.2 Å². The third-order valence-corrected chi connectivity index (χ3v) is 3.33. The number of carbonyl (C=O) groups excluding carboxylic acids is 1. The molecule has 0 fully saturated rings. The average Bonchev–Trinajstić information content (AvgIpc) is 2.55. The van der Waals surface area contributed by atoms with Crippen molar-refractivity contribution in [1.82, 2.24) is 10.3 Å². The van der Waals surface area contributed by atoms with Crippen LogP contribution in [-0.2, 0) is 6.42 Å². The second-order valence-electron chi connectivity index (χ2n) is 5.55. The fraction of sp³-hybridized carbons (Fsp3) is 0.333. The van der Waals surface area contributed by atoms with E-state index in [1.807, 2.05) is 38.1 Å². The van der Waals surface area contributed by atoms with E-state index in [1.54, 1.807) is 19.4 Å². The minimum absolute atomic E-state index is 0.0893. The molecule has 0 aliphatic carbocycles. The highest BCUT2D eigenvalue weighted by molar-refractivity contribution is 5.93. The predicted molar refractivity (Wildman–Crippen MR) is 92.0 cm³/mol. The zero-order chi connectivity index (χ0) is 16.7. The molecule has 122 valence electrons. The molecule has 0 radical (unpaired) electrons. The molecule has 2 N–H and O–H groups in total. The first-order chi connectivity index (χ1) is 11.1. The summed E-state index contributed by atoms with van der Waals surface area (Å²) in [7, 11) is 1.68.